The van der Waals surface area contributed by atoms with Crippen molar-refractivity contribution in [3.63, 3.8) is 0 Å². The Kier molecular flexibility index (Phi) is 5.20. The molecule has 0 unspecified atom stereocenters. The van der Waals surface area contributed by atoms with Crippen molar-refractivity contribution in [3.8, 4) is 0 Å². The number of halogens is 1. The molecule has 0 aliphatic carbocycles. The Bertz CT molecular complexity index is 551. The highest BCUT2D eigenvalue weighted by atomic mass is 79.9. The molecule has 0 amide bonds. The predicted octanol–water partition coefficient (Wildman–Crippen LogP) is 2.05. The molecule has 0 spiro atoms. The van der Waals surface area contributed by atoms with Crippen molar-refractivity contribution >= 4 is 37.5 Å². The summed E-state index contributed by atoms with van der Waals surface area (Å²) in [6.45, 7) is 2.90. The molecule has 0 radical (unpaired) electrons. The molecule has 0 atom stereocenters. The number of aromatic nitrogens is 2. The van der Waals surface area contributed by atoms with Crippen LogP contribution >= 0.6 is 15.9 Å². The van der Waals surface area contributed by atoms with E-state index in [0.29, 0.717) is 24.6 Å². The quantitative estimate of drug-likeness (QED) is 0.833. The molecular formula is C12H19BrN4O2S. The third-order valence-electron chi connectivity index (χ3n) is 3.17. The lowest BCUT2D eigenvalue weighted by atomic mass is 10.1. The Morgan fingerprint density at radius 3 is 2.75 bits per heavy atom. The highest BCUT2D eigenvalue weighted by molar-refractivity contribution is 9.10. The maximum absolute atomic E-state index is 11.4. The van der Waals surface area contributed by atoms with Crippen molar-refractivity contribution in [1.82, 2.24) is 9.97 Å². The van der Waals surface area contributed by atoms with E-state index in [-0.39, 0.29) is 17.5 Å². The highest BCUT2D eigenvalue weighted by Gasteiger charge is 2.24. The predicted molar refractivity (Wildman–Crippen MR) is 83.8 cm³/mol. The largest absolute Gasteiger partial charge is 0.366 e. The van der Waals surface area contributed by atoms with E-state index < -0.39 is 9.84 Å². The first kappa shape index (κ1) is 15.5. The van der Waals surface area contributed by atoms with Gasteiger partial charge in [-0.2, -0.15) is 4.98 Å². The Labute approximate surface area is 127 Å². The van der Waals surface area contributed by atoms with E-state index in [9.17, 15) is 8.42 Å². The molecule has 1 aromatic heterocycles. The van der Waals surface area contributed by atoms with Gasteiger partial charge in [-0.25, -0.2) is 13.4 Å². The van der Waals surface area contributed by atoms with Gasteiger partial charge in [0.2, 0.25) is 5.95 Å². The van der Waals surface area contributed by atoms with Gasteiger partial charge in [0.1, 0.15) is 15.7 Å². The fourth-order valence-corrected chi connectivity index (χ4v) is 3.81. The summed E-state index contributed by atoms with van der Waals surface area (Å²) in [5.74, 6) is 1.78. The fraction of sp³-hybridized carbons (Fsp3) is 0.667. The van der Waals surface area contributed by atoms with Crippen LogP contribution in [0.1, 0.15) is 26.2 Å². The van der Waals surface area contributed by atoms with E-state index in [4.69, 9.17) is 0 Å². The second-order valence-corrected chi connectivity index (χ2v) is 8.05. The third kappa shape index (κ3) is 4.31. The van der Waals surface area contributed by atoms with Crippen LogP contribution < -0.4 is 10.6 Å². The van der Waals surface area contributed by atoms with Crippen molar-refractivity contribution in [1.29, 1.82) is 0 Å². The monoisotopic (exact) mass is 362 g/mol. The van der Waals surface area contributed by atoms with Crippen LogP contribution in [0.3, 0.4) is 0 Å². The number of anilines is 2. The van der Waals surface area contributed by atoms with Gasteiger partial charge in [-0.1, -0.05) is 6.92 Å². The van der Waals surface area contributed by atoms with Gasteiger partial charge in [-0.05, 0) is 35.2 Å². The summed E-state index contributed by atoms with van der Waals surface area (Å²) in [7, 11) is -2.84. The van der Waals surface area contributed by atoms with E-state index in [1.807, 2.05) is 0 Å². The molecule has 1 aliphatic rings. The average Bonchev–Trinajstić information content (AvgIpc) is 2.42. The summed E-state index contributed by atoms with van der Waals surface area (Å²) in [5, 5.41) is 6.43. The minimum Gasteiger partial charge on any atom is -0.366 e. The molecule has 0 bridgehead atoms. The van der Waals surface area contributed by atoms with Gasteiger partial charge >= 0.3 is 0 Å². The topological polar surface area (TPSA) is 84.0 Å². The first-order valence-corrected chi connectivity index (χ1v) is 9.35. The van der Waals surface area contributed by atoms with Gasteiger partial charge in [-0.3, -0.25) is 0 Å². The summed E-state index contributed by atoms with van der Waals surface area (Å²) in [5.41, 5.74) is 0. The molecule has 20 heavy (non-hydrogen) atoms. The van der Waals surface area contributed by atoms with Gasteiger partial charge in [0.25, 0.3) is 0 Å². The molecule has 1 aliphatic heterocycles. The first-order chi connectivity index (χ1) is 9.50. The van der Waals surface area contributed by atoms with E-state index in [0.717, 1.165) is 17.4 Å². The standard InChI is InChI=1S/C12H19BrN4O2S/c1-2-5-14-12-15-8-10(13)11(17-12)16-9-3-6-20(18,19)7-4-9/h8-9H,2-7H2,1H3,(H2,14,15,16,17). The van der Waals surface area contributed by atoms with Crippen molar-refractivity contribution in [2.45, 2.75) is 32.2 Å². The number of nitrogens with zero attached hydrogens (tertiary/aromatic N) is 2. The van der Waals surface area contributed by atoms with Crippen LogP contribution in [0, 0.1) is 0 Å². The van der Waals surface area contributed by atoms with Crippen molar-refractivity contribution in [3.05, 3.63) is 10.7 Å². The minimum atomic E-state index is -2.84. The Balaban J connectivity index is 2.01. The van der Waals surface area contributed by atoms with E-state index >= 15 is 0 Å². The number of hydrogen-bond donors (Lipinski definition) is 2. The second-order valence-electron chi connectivity index (χ2n) is 4.89. The minimum absolute atomic E-state index is 0.142. The summed E-state index contributed by atoms with van der Waals surface area (Å²) >= 11 is 3.41. The van der Waals surface area contributed by atoms with Gasteiger partial charge in [0.15, 0.2) is 0 Å². The molecule has 1 aromatic rings. The molecule has 8 heteroatoms. The molecule has 1 saturated heterocycles. The second kappa shape index (κ2) is 6.71. The Morgan fingerprint density at radius 1 is 1.40 bits per heavy atom. The van der Waals surface area contributed by atoms with Crippen LogP contribution in [0.25, 0.3) is 0 Å². The molecule has 2 rings (SSSR count). The van der Waals surface area contributed by atoms with E-state index in [2.05, 4.69) is 43.5 Å². The Morgan fingerprint density at radius 2 is 2.10 bits per heavy atom. The SMILES string of the molecule is CCCNc1ncc(Br)c(NC2CCS(=O)(=O)CC2)n1. The maximum Gasteiger partial charge on any atom is 0.224 e. The first-order valence-electron chi connectivity index (χ1n) is 6.73. The van der Waals surface area contributed by atoms with Crippen LogP contribution in [0.2, 0.25) is 0 Å². The summed E-state index contributed by atoms with van der Waals surface area (Å²) < 4.78 is 23.6. The lowest BCUT2D eigenvalue weighted by Gasteiger charge is -2.24. The average molecular weight is 363 g/mol. The molecular weight excluding hydrogens is 344 g/mol. The van der Waals surface area contributed by atoms with Crippen molar-refractivity contribution in [2.75, 3.05) is 28.7 Å². The van der Waals surface area contributed by atoms with Gasteiger partial charge in [0, 0.05) is 18.8 Å². The van der Waals surface area contributed by atoms with Crippen LogP contribution in [-0.4, -0.2) is 42.5 Å². The van der Waals surface area contributed by atoms with Crippen LogP contribution in [0.15, 0.2) is 10.7 Å². The molecule has 112 valence electrons. The maximum atomic E-state index is 11.4. The number of nitrogens with one attached hydrogen (secondary N) is 2. The van der Waals surface area contributed by atoms with Crippen LogP contribution in [0.5, 0.6) is 0 Å². The van der Waals surface area contributed by atoms with Crippen molar-refractivity contribution < 1.29 is 8.42 Å². The number of rotatable bonds is 5. The summed E-state index contributed by atoms with van der Waals surface area (Å²) in [6.07, 6.45) is 3.95. The summed E-state index contributed by atoms with van der Waals surface area (Å²) in [6, 6.07) is 0.142. The lowest BCUT2D eigenvalue weighted by Crippen LogP contribution is -2.32. The van der Waals surface area contributed by atoms with Crippen molar-refractivity contribution in [2.24, 2.45) is 0 Å². The molecule has 0 aromatic carbocycles. The molecule has 2 heterocycles. The van der Waals surface area contributed by atoms with E-state index in [1.165, 1.54) is 0 Å². The third-order valence-corrected chi connectivity index (χ3v) is 5.47. The zero-order valence-electron chi connectivity index (χ0n) is 11.4. The number of sulfone groups is 1. The normalized spacial score (nSPS) is 18.7. The zero-order chi connectivity index (χ0) is 14.6. The molecule has 6 nitrogen and oxygen atoms in total. The Hall–Kier alpha value is -0.890. The van der Waals surface area contributed by atoms with Crippen LogP contribution in [0.4, 0.5) is 11.8 Å². The lowest BCUT2D eigenvalue weighted by molar-refractivity contribution is 0.559. The van der Waals surface area contributed by atoms with Gasteiger partial charge in [-0.15, -0.1) is 0 Å². The smallest absolute Gasteiger partial charge is 0.224 e. The summed E-state index contributed by atoms with van der Waals surface area (Å²) in [4.78, 5) is 8.60. The van der Waals surface area contributed by atoms with Gasteiger partial charge < -0.3 is 10.6 Å². The molecule has 0 saturated carbocycles. The van der Waals surface area contributed by atoms with E-state index in [1.54, 1.807) is 6.20 Å². The zero-order valence-corrected chi connectivity index (χ0v) is 13.8. The fourth-order valence-electron chi connectivity index (χ4n) is 2.02. The number of hydrogen-bond acceptors (Lipinski definition) is 6. The molecule has 2 N–H and O–H groups in total. The highest BCUT2D eigenvalue weighted by Crippen LogP contribution is 2.24. The van der Waals surface area contributed by atoms with Gasteiger partial charge in [0.05, 0.1) is 16.0 Å². The molecule has 1 fully saturated rings. The van der Waals surface area contributed by atoms with Crippen LogP contribution in [-0.2, 0) is 9.84 Å².